The van der Waals surface area contributed by atoms with Gasteiger partial charge in [0.15, 0.2) is 5.16 Å². The Morgan fingerprint density at radius 1 is 0.968 bits per heavy atom. The van der Waals surface area contributed by atoms with Crippen LogP contribution in [0.3, 0.4) is 0 Å². The monoisotopic (exact) mass is 460 g/mol. The average Bonchev–Trinajstić information content (AvgIpc) is 2.78. The Bertz CT molecular complexity index is 1100. The maximum absolute atomic E-state index is 12.9. The molecule has 0 unspecified atom stereocenters. The Morgan fingerprint density at radius 2 is 1.74 bits per heavy atom. The first-order chi connectivity index (χ1) is 15.0. The molecular weight excluding hydrogens is 436 g/mol. The smallest absolute Gasteiger partial charge is 0.263 e. The van der Waals surface area contributed by atoms with Crippen molar-refractivity contribution < 1.29 is 17.9 Å². The summed E-state index contributed by atoms with van der Waals surface area (Å²) in [5, 5.41) is 3.58. The summed E-state index contributed by atoms with van der Waals surface area (Å²) in [4.78, 5) is 8.95. The van der Waals surface area contributed by atoms with Crippen LogP contribution in [0.1, 0.15) is 5.56 Å². The molecule has 0 radical (unpaired) electrons. The highest BCUT2D eigenvalue weighted by molar-refractivity contribution is 7.98. The van der Waals surface area contributed by atoms with Crippen molar-refractivity contribution in [2.24, 2.45) is 0 Å². The Hall–Kier alpha value is -2.82. The molecule has 1 heterocycles. The van der Waals surface area contributed by atoms with E-state index in [2.05, 4.69) is 20.0 Å². The van der Waals surface area contributed by atoms with Gasteiger partial charge in [0, 0.05) is 31.5 Å². The predicted octanol–water partition coefficient (Wildman–Crippen LogP) is 3.64. The molecule has 0 atom stereocenters. The first-order valence-electron chi connectivity index (χ1n) is 9.45. The van der Waals surface area contributed by atoms with Crippen LogP contribution in [0.2, 0.25) is 0 Å². The van der Waals surface area contributed by atoms with Gasteiger partial charge in [0.25, 0.3) is 10.0 Å². The van der Waals surface area contributed by atoms with Gasteiger partial charge >= 0.3 is 0 Å². The molecule has 164 valence electrons. The summed E-state index contributed by atoms with van der Waals surface area (Å²) in [6, 6.07) is 17.7. The third-order valence-electron chi connectivity index (χ3n) is 4.12. The second kappa shape index (κ2) is 11.0. The third-order valence-corrected chi connectivity index (χ3v) is 6.39. The summed E-state index contributed by atoms with van der Waals surface area (Å²) >= 11 is 1.42. The van der Waals surface area contributed by atoms with Gasteiger partial charge in [-0.15, -0.1) is 0 Å². The molecule has 0 saturated carbocycles. The number of rotatable bonds is 11. The Labute approximate surface area is 186 Å². The van der Waals surface area contributed by atoms with E-state index in [1.807, 2.05) is 30.3 Å². The van der Waals surface area contributed by atoms with E-state index in [4.69, 9.17) is 9.47 Å². The average molecular weight is 461 g/mol. The van der Waals surface area contributed by atoms with E-state index >= 15 is 0 Å². The number of anilines is 2. The minimum atomic E-state index is -3.85. The zero-order valence-electron chi connectivity index (χ0n) is 17.2. The predicted molar refractivity (Wildman–Crippen MR) is 122 cm³/mol. The van der Waals surface area contributed by atoms with Crippen LogP contribution < -0.4 is 14.8 Å². The number of aromatic nitrogens is 2. The van der Waals surface area contributed by atoms with Crippen molar-refractivity contribution in [3.63, 3.8) is 0 Å². The Morgan fingerprint density at radius 3 is 2.48 bits per heavy atom. The molecule has 0 amide bonds. The molecule has 1 aromatic heterocycles. The van der Waals surface area contributed by atoms with Gasteiger partial charge in [-0.2, -0.15) is 0 Å². The molecule has 0 fully saturated rings. The normalized spacial score (nSPS) is 11.2. The fourth-order valence-corrected chi connectivity index (χ4v) is 4.44. The number of hydrogen-bond acceptors (Lipinski definition) is 8. The summed E-state index contributed by atoms with van der Waals surface area (Å²) in [6.07, 6.45) is 0. The number of ether oxygens (including phenoxy) is 2. The van der Waals surface area contributed by atoms with Gasteiger partial charge in [0.1, 0.15) is 17.4 Å². The molecule has 2 N–H and O–H groups in total. The van der Waals surface area contributed by atoms with Crippen molar-refractivity contribution in [1.29, 1.82) is 0 Å². The van der Waals surface area contributed by atoms with Crippen LogP contribution >= 0.6 is 11.8 Å². The summed E-state index contributed by atoms with van der Waals surface area (Å²) in [6.45, 7) is 1.01. The van der Waals surface area contributed by atoms with Crippen LogP contribution in [-0.4, -0.2) is 45.8 Å². The van der Waals surface area contributed by atoms with Crippen molar-refractivity contribution in [3.8, 4) is 5.75 Å². The molecule has 8 nitrogen and oxygen atoms in total. The van der Waals surface area contributed by atoms with Crippen molar-refractivity contribution in [2.45, 2.75) is 15.8 Å². The van der Waals surface area contributed by atoms with Crippen molar-refractivity contribution in [2.75, 3.05) is 37.4 Å². The SMILES string of the molecule is COCCNc1cc(NS(=O)(=O)c2cccc(OC)c2)nc(SCc2ccccc2)n1. The second-order valence-corrected chi connectivity index (χ2v) is 9.02. The lowest BCUT2D eigenvalue weighted by Gasteiger charge is -2.12. The van der Waals surface area contributed by atoms with Gasteiger partial charge in [-0.05, 0) is 17.7 Å². The molecule has 10 heteroatoms. The number of sulfonamides is 1. The zero-order chi connectivity index (χ0) is 22.1. The van der Waals surface area contributed by atoms with Crippen molar-refractivity contribution in [3.05, 3.63) is 66.2 Å². The van der Waals surface area contributed by atoms with Crippen LogP contribution in [0, 0.1) is 0 Å². The molecule has 3 aromatic rings. The van der Waals surface area contributed by atoms with Crippen molar-refractivity contribution in [1.82, 2.24) is 9.97 Å². The maximum Gasteiger partial charge on any atom is 0.263 e. The van der Waals surface area contributed by atoms with E-state index in [0.717, 1.165) is 5.56 Å². The lowest BCUT2D eigenvalue weighted by molar-refractivity contribution is 0.210. The Balaban J connectivity index is 1.83. The molecule has 0 aliphatic rings. The third kappa shape index (κ3) is 6.84. The fraction of sp³-hybridized carbons (Fsp3) is 0.238. The zero-order valence-corrected chi connectivity index (χ0v) is 18.9. The fourth-order valence-electron chi connectivity index (χ4n) is 2.60. The van der Waals surface area contributed by atoms with Crippen LogP contribution in [0.5, 0.6) is 5.75 Å². The molecule has 0 saturated heterocycles. The minimum absolute atomic E-state index is 0.0813. The van der Waals surface area contributed by atoms with Crippen LogP contribution in [0.15, 0.2) is 70.7 Å². The number of hydrogen-bond donors (Lipinski definition) is 2. The number of nitrogens with one attached hydrogen (secondary N) is 2. The highest BCUT2D eigenvalue weighted by Crippen LogP contribution is 2.25. The quantitative estimate of drug-likeness (QED) is 0.254. The van der Waals surface area contributed by atoms with Gasteiger partial charge in [0.2, 0.25) is 0 Å². The lowest BCUT2D eigenvalue weighted by atomic mass is 10.2. The summed E-state index contributed by atoms with van der Waals surface area (Å²) in [5.41, 5.74) is 1.12. The summed E-state index contributed by atoms with van der Waals surface area (Å²) < 4.78 is 38.4. The number of nitrogens with zero attached hydrogens (tertiary/aromatic N) is 2. The van der Waals surface area contributed by atoms with Crippen LogP contribution in [-0.2, 0) is 20.5 Å². The number of thioether (sulfide) groups is 1. The van der Waals surface area contributed by atoms with E-state index in [1.54, 1.807) is 25.3 Å². The summed E-state index contributed by atoms with van der Waals surface area (Å²) in [7, 11) is -0.762. The van der Waals surface area contributed by atoms with Crippen LogP contribution in [0.25, 0.3) is 0 Å². The molecule has 0 aliphatic heterocycles. The molecule has 0 bridgehead atoms. The highest BCUT2D eigenvalue weighted by Gasteiger charge is 2.17. The highest BCUT2D eigenvalue weighted by atomic mass is 32.2. The molecular formula is C21H24N4O4S2. The molecule has 0 spiro atoms. The molecule has 31 heavy (non-hydrogen) atoms. The van der Waals surface area contributed by atoms with Crippen LogP contribution in [0.4, 0.5) is 11.6 Å². The molecule has 3 rings (SSSR count). The second-order valence-electron chi connectivity index (χ2n) is 6.40. The Kier molecular flexibility index (Phi) is 8.10. The molecule has 2 aromatic carbocycles. The molecule has 0 aliphatic carbocycles. The number of methoxy groups -OCH3 is 2. The standard InChI is InChI=1S/C21H24N4O4S2/c1-28-12-11-22-19-14-20(24-21(23-19)30-15-16-7-4-3-5-8-16)25-31(26,27)18-10-6-9-17(13-18)29-2/h3-10,13-14H,11-12,15H2,1-2H3,(H2,22,23,24,25). The minimum Gasteiger partial charge on any atom is -0.497 e. The first-order valence-corrected chi connectivity index (χ1v) is 11.9. The van der Waals surface area contributed by atoms with Gasteiger partial charge in [-0.25, -0.2) is 18.4 Å². The van der Waals surface area contributed by atoms with E-state index in [1.165, 1.54) is 31.0 Å². The van der Waals surface area contributed by atoms with Gasteiger partial charge in [-0.1, -0.05) is 48.2 Å². The van der Waals surface area contributed by atoms with E-state index < -0.39 is 10.0 Å². The van der Waals surface area contributed by atoms with E-state index in [-0.39, 0.29) is 10.7 Å². The number of benzene rings is 2. The van der Waals surface area contributed by atoms with Gasteiger partial charge in [-0.3, -0.25) is 4.72 Å². The van der Waals surface area contributed by atoms with Crippen molar-refractivity contribution >= 4 is 33.4 Å². The van der Waals surface area contributed by atoms with Gasteiger partial charge in [0.05, 0.1) is 18.6 Å². The van der Waals surface area contributed by atoms with E-state index in [9.17, 15) is 8.42 Å². The van der Waals surface area contributed by atoms with Gasteiger partial charge < -0.3 is 14.8 Å². The summed E-state index contributed by atoms with van der Waals surface area (Å²) in [5.74, 6) is 1.79. The maximum atomic E-state index is 12.9. The van der Waals surface area contributed by atoms with E-state index in [0.29, 0.717) is 35.6 Å². The topological polar surface area (TPSA) is 102 Å². The first kappa shape index (κ1) is 22.9. The largest absolute Gasteiger partial charge is 0.497 e. The lowest BCUT2D eigenvalue weighted by Crippen LogP contribution is -2.16.